The maximum Gasteiger partial charge on any atom is 0.339 e. The van der Waals surface area contributed by atoms with Crippen molar-refractivity contribution < 1.29 is 15.0 Å². The first-order chi connectivity index (χ1) is 5.13. The Morgan fingerprint density at radius 3 is 2.42 bits per heavy atom. The fraction of sp³-hybridized carbons (Fsp3) is 0.125. The van der Waals surface area contributed by atoms with Crippen molar-refractivity contribution in [3.8, 4) is 5.75 Å². The van der Waals surface area contributed by atoms with Crippen molar-refractivity contribution in [3.05, 3.63) is 29.3 Å². The summed E-state index contributed by atoms with van der Waals surface area (Å²) in [5, 5.41) is 17.7. The maximum absolute atomic E-state index is 10.4. The minimum atomic E-state index is -1.11. The van der Waals surface area contributed by atoms with Gasteiger partial charge in [-0.05, 0) is 18.6 Å². The number of carboxylic acid groups (broad SMARTS) is 1. The minimum absolute atomic E-state index is 0. The van der Waals surface area contributed by atoms with E-state index in [0.29, 0.717) is 5.56 Å². The van der Waals surface area contributed by atoms with Crippen LogP contribution in [0, 0.1) is 6.92 Å². The van der Waals surface area contributed by atoms with Gasteiger partial charge in [0.15, 0.2) is 0 Å². The predicted octanol–water partition coefficient (Wildman–Crippen LogP) is 1.02. The van der Waals surface area contributed by atoms with Crippen LogP contribution in [0.5, 0.6) is 5.75 Å². The summed E-state index contributed by atoms with van der Waals surface area (Å²) >= 11 is 0. The number of aromatic hydroxyl groups is 1. The predicted molar refractivity (Wildman–Crippen MR) is 45.6 cm³/mol. The molecule has 0 unspecified atom stereocenters. The fourth-order valence-corrected chi connectivity index (χ4v) is 0.832. The fourth-order valence-electron chi connectivity index (χ4n) is 0.832. The molecule has 0 saturated heterocycles. The number of carbonyl (C=O) groups is 1. The normalized spacial score (nSPS) is 8.75. The largest absolute Gasteiger partial charge is 0.507 e. The SMILES string of the molecule is Cc1cccc(C(=O)O)c1O.[Na]. The topological polar surface area (TPSA) is 57.5 Å². The van der Waals surface area contributed by atoms with Crippen molar-refractivity contribution in [2.45, 2.75) is 6.92 Å². The van der Waals surface area contributed by atoms with Gasteiger partial charge in [-0.15, -0.1) is 0 Å². The van der Waals surface area contributed by atoms with Gasteiger partial charge in [-0.1, -0.05) is 12.1 Å². The van der Waals surface area contributed by atoms with E-state index in [4.69, 9.17) is 5.11 Å². The van der Waals surface area contributed by atoms with Crippen molar-refractivity contribution in [1.29, 1.82) is 0 Å². The van der Waals surface area contributed by atoms with Crippen LogP contribution in [0.25, 0.3) is 0 Å². The Morgan fingerprint density at radius 1 is 1.42 bits per heavy atom. The average molecular weight is 175 g/mol. The van der Waals surface area contributed by atoms with E-state index in [1.165, 1.54) is 6.07 Å². The van der Waals surface area contributed by atoms with Gasteiger partial charge in [-0.2, -0.15) is 0 Å². The zero-order valence-corrected chi connectivity index (χ0v) is 9.03. The van der Waals surface area contributed by atoms with Crippen LogP contribution in [0.2, 0.25) is 0 Å². The van der Waals surface area contributed by atoms with Crippen molar-refractivity contribution in [3.63, 3.8) is 0 Å². The van der Waals surface area contributed by atoms with Gasteiger partial charge in [0.2, 0.25) is 0 Å². The van der Waals surface area contributed by atoms with Crippen LogP contribution >= 0.6 is 0 Å². The van der Waals surface area contributed by atoms with Crippen molar-refractivity contribution >= 4 is 35.5 Å². The molecule has 0 aliphatic carbocycles. The first-order valence-electron chi connectivity index (χ1n) is 3.15. The van der Waals surface area contributed by atoms with Crippen LogP contribution in [-0.2, 0) is 0 Å². The third-order valence-electron chi connectivity index (χ3n) is 1.47. The number of aryl methyl sites for hydroxylation is 1. The molecule has 0 amide bonds. The number of rotatable bonds is 1. The summed E-state index contributed by atoms with van der Waals surface area (Å²) in [5.74, 6) is -1.26. The molecule has 0 spiro atoms. The quantitative estimate of drug-likeness (QED) is 0.626. The Bertz CT molecular complexity index is 296. The zero-order chi connectivity index (χ0) is 8.43. The van der Waals surface area contributed by atoms with E-state index in [1.54, 1.807) is 19.1 Å². The number of phenols is 1. The molecular weight excluding hydrogens is 167 g/mol. The van der Waals surface area contributed by atoms with Crippen LogP contribution in [-0.4, -0.2) is 45.7 Å². The summed E-state index contributed by atoms with van der Waals surface area (Å²) in [6.07, 6.45) is 0. The van der Waals surface area contributed by atoms with E-state index in [1.807, 2.05) is 0 Å². The smallest absolute Gasteiger partial charge is 0.339 e. The van der Waals surface area contributed by atoms with Crippen LogP contribution < -0.4 is 0 Å². The molecule has 0 aliphatic rings. The van der Waals surface area contributed by atoms with E-state index in [2.05, 4.69) is 0 Å². The van der Waals surface area contributed by atoms with Gasteiger partial charge in [0.05, 0.1) is 0 Å². The molecule has 59 valence electrons. The first-order valence-corrected chi connectivity index (χ1v) is 3.15. The van der Waals surface area contributed by atoms with E-state index in [-0.39, 0.29) is 40.9 Å². The molecule has 0 atom stereocenters. The van der Waals surface area contributed by atoms with Gasteiger partial charge in [-0.3, -0.25) is 0 Å². The molecule has 1 aromatic carbocycles. The Balaban J connectivity index is 0.00000121. The van der Waals surface area contributed by atoms with Gasteiger partial charge >= 0.3 is 5.97 Å². The summed E-state index contributed by atoms with van der Waals surface area (Å²) < 4.78 is 0. The van der Waals surface area contributed by atoms with Crippen molar-refractivity contribution in [2.75, 3.05) is 0 Å². The molecule has 1 aromatic rings. The van der Waals surface area contributed by atoms with Crippen LogP contribution in [0.4, 0.5) is 0 Å². The second kappa shape index (κ2) is 4.50. The number of benzene rings is 1. The second-order valence-corrected chi connectivity index (χ2v) is 2.28. The summed E-state index contributed by atoms with van der Waals surface area (Å²) in [4.78, 5) is 10.4. The third kappa shape index (κ3) is 2.24. The third-order valence-corrected chi connectivity index (χ3v) is 1.47. The molecule has 0 bridgehead atoms. The summed E-state index contributed by atoms with van der Waals surface area (Å²) in [6, 6.07) is 4.62. The molecule has 0 fully saturated rings. The monoisotopic (exact) mass is 175 g/mol. The number of hydrogen-bond donors (Lipinski definition) is 2. The van der Waals surface area contributed by atoms with Crippen LogP contribution in [0.1, 0.15) is 15.9 Å². The number of carboxylic acids is 1. The summed E-state index contributed by atoms with van der Waals surface area (Å²) in [7, 11) is 0. The van der Waals surface area contributed by atoms with E-state index >= 15 is 0 Å². The second-order valence-electron chi connectivity index (χ2n) is 2.28. The summed E-state index contributed by atoms with van der Waals surface area (Å²) in [5.41, 5.74) is 0.523. The van der Waals surface area contributed by atoms with Crippen molar-refractivity contribution in [2.24, 2.45) is 0 Å². The molecule has 1 radical (unpaired) electrons. The molecule has 0 heterocycles. The summed E-state index contributed by atoms with van der Waals surface area (Å²) in [6.45, 7) is 1.65. The molecule has 3 nitrogen and oxygen atoms in total. The Labute approximate surface area is 92.3 Å². The average Bonchev–Trinajstić information content (AvgIpc) is 1.94. The maximum atomic E-state index is 10.4. The number of aromatic carboxylic acids is 1. The molecule has 12 heavy (non-hydrogen) atoms. The van der Waals surface area contributed by atoms with Crippen LogP contribution in [0.15, 0.2) is 18.2 Å². The van der Waals surface area contributed by atoms with Crippen molar-refractivity contribution in [1.82, 2.24) is 0 Å². The number of para-hydroxylation sites is 1. The minimum Gasteiger partial charge on any atom is -0.507 e. The standard InChI is InChI=1S/C8H8O3.Na/c1-5-3-2-4-6(7(5)9)8(10)11;/h2-4,9H,1H3,(H,10,11);. The van der Waals surface area contributed by atoms with Crippen LogP contribution in [0.3, 0.4) is 0 Å². The molecule has 0 aliphatic heterocycles. The van der Waals surface area contributed by atoms with Gasteiger partial charge < -0.3 is 10.2 Å². The van der Waals surface area contributed by atoms with E-state index in [0.717, 1.165) is 0 Å². The zero-order valence-electron chi connectivity index (χ0n) is 7.03. The first kappa shape index (κ1) is 11.5. The molecular formula is C8H8NaO3. The Hall–Kier alpha value is -0.510. The van der Waals surface area contributed by atoms with Gasteiger partial charge in [0, 0.05) is 29.6 Å². The molecule has 0 aromatic heterocycles. The Kier molecular flexibility index (Phi) is 4.31. The van der Waals surface area contributed by atoms with Gasteiger partial charge in [0.25, 0.3) is 0 Å². The van der Waals surface area contributed by atoms with E-state index in [9.17, 15) is 9.90 Å². The molecule has 0 saturated carbocycles. The molecule has 2 N–H and O–H groups in total. The van der Waals surface area contributed by atoms with Gasteiger partial charge in [0.1, 0.15) is 11.3 Å². The van der Waals surface area contributed by atoms with Gasteiger partial charge in [-0.25, -0.2) is 4.79 Å². The van der Waals surface area contributed by atoms with E-state index < -0.39 is 5.97 Å². The Morgan fingerprint density at radius 2 is 2.00 bits per heavy atom. The number of hydrogen-bond acceptors (Lipinski definition) is 2. The molecule has 4 heteroatoms. The molecule has 1 rings (SSSR count).